The van der Waals surface area contributed by atoms with E-state index in [1.54, 1.807) is 25.4 Å². The van der Waals surface area contributed by atoms with E-state index >= 15 is 0 Å². The third kappa shape index (κ3) is 1.69. The summed E-state index contributed by atoms with van der Waals surface area (Å²) in [6.45, 7) is 0. The Hall–Kier alpha value is -1.65. The van der Waals surface area contributed by atoms with Gasteiger partial charge >= 0.3 is 0 Å². The van der Waals surface area contributed by atoms with Gasteiger partial charge in [-0.1, -0.05) is 0 Å². The van der Waals surface area contributed by atoms with Crippen molar-refractivity contribution in [3.05, 3.63) is 23.2 Å². The molecule has 1 aromatic rings. The van der Waals surface area contributed by atoms with E-state index < -0.39 is 0 Å². The lowest BCUT2D eigenvalue weighted by Gasteiger charge is -2.07. The van der Waals surface area contributed by atoms with Gasteiger partial charge in [0.05, 0.1) is 12.4 Å². The minimum absolute atomic E-state index is 0.462. The zero-order valence-corrected chi connectivity index (χ0v) is 6.89. The van der Waals surface area contributed by atoms with E-state index in [1.165, 1.54) is 7.05 Å². The van der Waals surface area contributed by atoms with Crippen LogP contribution in [0.1, 0.15) is 0 Å². The Morgan fingerprint density at radius 1 is 1.67 bits per heavy atom. The summed E-state index contributed by atoms with van der Waals surface area (Å²) in [6.07, 6.45) is 1.55. The van der Waals surface area contributed by atoms with E-state index in [9.17, 15) is 4.91 Å². The molecule has 5 nitrogen and oxygen atoms in total. The maximum Gasteiger partial charge on any atom is 0.155 e. The Labute approximate surface area is 69.9 Å². The third-order valence-corrected chi connectivity index (χ3v) is 1.41. The highest BCUT2D eigenvalue weighted by atomic mass is 16.5. The zero-order valence-electron chi connectivity index (χ0n) is 6.89. The molecule has 0 bridgehead atoms. The largest absolute Gasteiger partial charge is 0.497 e. The fourth-order valence-corrected chi connectivity index (χ4v) is 0.745. The van der Waals surface area contributed by atoms with Crippen molar-refractivity contribution in [2.75, 3.05) is 19.2 Å². The van der Waals surface area contributed by atoms with Crippen molar-refractivity contribution in [1.82, 2.24) is 4.98 Å². The molecular weight excluding hydrogens is 158 g/mol. The van der Waals surface area contributed by atoms with E-state index in [2.05, 4.69) is 10.3 Å². The zero-order chi connectivity index (χ0) is 8.97. The summed E-state index contributed by atoms with van der Waals surface area (Å²) in [7, 11) is 3.07. The van der Waals surface area contributed by atoms with Crippen molar-refractivity contribution in [1.29, 1.82) is 0 Å². The molecule has 0 aromatic carbocycles. The Morgan fingerprint density at radius 2 is 2.42 bits per heavy atom. The lowest BCUT2D eigenvalue weighted by atomic mass is 10.4. The number of anilines is 1. The van der Waals surface area contributed by atoms with Crippen LogP contribution in [0.5, 0.6) is 5.75 Å². The number of pyridine rings is 1. The van der Waals surface area contributed by atoms with Crippen LogP contribution in [-0.2, 0) is 0 Å². The lowest BCUT2D eigenvalue weighted by Crippen LogP contribution is -2.08. The molecule has 0 aliphatic carbocycles. The molecule has 5 heteroatoms. The first kappa shape index (κ1) is 8.45. The topological polar surface area (TPSA) is 54.8 Å². The summed E-state index contributed by atoms with van der Waals surface area (Å²) in [5, 5.41) is 3.83. The maximum atomic E-state index is 10.1. The van der Waals surface area contributed by atoms with Crippen LogP contribution in [0.4, 0.5) is 5.82 Å². The monoisotopic (exact) mass is 167 g/mol. The molecule has 64 valence electrons. The molecule has 0 N–H and O–H groups in total. The van der Waals surface area contributed by atoms with Crippen molar-refractivity contribution < 1.29 is 4.74 Å². The Balaban J connectivity index is 2.93. The van der Waals surface area contributed by atoms with Gasteiger partial charge in [0.25, 0.3) is 0 Å². The van der Waals surface area contributed by atoms with Crippen molar-refractivity contribution in [2.24, 2.45) is 5.29 Å². The van der Waals surface area contributed by atoms with Crippen LogP contribution in [0, 0.1) is 4.91 Å². The second kappa shape index (κ2) is 3.66. The maximum absolute atomic E-state index is 10.1. The summed E-state index contributed by atoms with van der Waals surface area (Å²) in [6, 6.07) is 3.32. The fourth-order valence-electron chi connectivity index (χ4n) is 0.745. The summed E-state index contributed by atoms with van der Waals surface area (Å²) in [5.41, 5.74) is 0. The highest BCUT2D eigenvalue weighted by Gasteiger charge is 2.01. The summed E-state index contributed by atoms with van der Waals surface area (Å²) < 4.78 is 4.94. The predicted octanol–water partition coefficient (Wildman–Crippen LogP) is 1.21. The van der Waals surface area contributed by atoms with Gasteiger partial charge in [0, 0.05) is 19.3 Å². The van der Waals surface area contributed by atoms with Gasteiger partial charge in [0.1, 0.15) is 5.75 Å². The second-order valence-electron chi connectivity index (χ2n) is 2.16. The molecule has 0 aliphatic heterocycles. The molecule has 0 amide bonds. The average Bonchev–Trinajstić information content (AvgIpc) is 2.17. The van der Waals surface area contributed by atoms with Crippen molar-refractivity contribution in [2.45, 2.75) is 0 Å². The van der Waals surface area contributed by atoms with Crippen LogP contribution in [0.15, 0.2) is 23.6 Å². The van der Waals surface area contributed by atoms with Crippen molar-refractivity contribution in [3.63, 3.8) is 0 Å². The average molecular weight is 167 g/mol. The van der Waals surface area contributed by atoms with Crippen LogP contribution in [0.2, 0.25) is 0 Å². The van der Waals surface area contributed by atoms with E-state index in [1.807, 2.05) is 0 Å². The van der Waals surface area contributed by atoms with Gasteiger partial charge in [-0.3, -0.25) is 0 Å². The van der Waals surface area contributed by atoms with Gasteiger partial charge in [0.2, 0.25) is 0 Å². The summed E-state index contributed by atoms with van der Waals surface area (Å²) in [4.78, 5) is 14.0. The van der Waals surface area contributed by atoms with Gasteiger partial charge in [-0.2, -0.15) is 0 Å². The quantitative estimate of drug-likeness (QED) is 0.501. The van der Waals surface area contributed by atoms with Crippen molar-refractivity contribution in [3.8, 4) is 5.75 Å². The van der Waals surface area contributed by atoms with Crippen LogP contribution in [0.25, 0.3) is 0 Å². The molecule has 1 aromatic heterocycles. The molecule has 0 aliphatic rings. The molecule has 0 radical (unpaired) electrons. The Bertz CT molecular complexity index is 277. The Kier molecular flexibility index (Phi) is 2.57. The number of aromatic nitrogens is 1. The van der Waals surface area contributed by atoms with Gasteiger partial charge < -0.3 is 4.74 Å². The molecule has 12 heavy (non-hydrogen) atoms. The number of hydrogen-bond acceptors (Lipinski definition) is 4. The van der Waals surface area contributed by atoms with Crippen LogP contribution >= 0.6 is 0 Å². The number of nitrogens with zero attached hydrogens (tertiary/aromatic N) is 3. The summed E-state index contributed by atoms with van der Waals surface area (Å²) in [5.74, 6) is 1.11. The number of hydrogen-bond donors (Lipinski definition) is 0. The molecule has 0 atom stereocenters. The number of rotatable bonds is 3. The molecule has 1 heterocycles. The molecule has 0 unspecified atom stereocenters. The first-order valence-corrected chi connectivity index (χ1v) is 3.35. The normalized spacial score (nSPS) is 9.17. The number of methoxy groups -OCH3 is 1. The van der Waals surface area contributed by atoms with Gasteiger partial charge in [-0.05, 0) is 6.07 Å². The van der Waals surface area contributed by atoms with Gasteiger partial charge in [-0.25, -0.2) is 9.99 Å². The third-order valence-electron chi connectivity index (χ3n) is 1.41. The second-order valence-corrected chi connectivity index (χ2v) is 2.16. The van der Waals surface area contributed by atoms with E-state index in [-0.39, 0.29) is 0 Å². The van der Waals surface area contributed by atoms with E-state index in [0.717, 1.165) is 5.01 Å². The minimum Gasteiger partial charge on any atom is -0.497 e. The standard InChI is InChI=1S/C7H9N3O2/c1-10(9-11)7-5-6(12-2)3-4-8-7/h3-5H,1-2H3. The molecule has 0 spiro atoms. The first-order chi connectivity index (χ1) is 5.77. The van der Waals surface area contributed by atoms with Crippen molar-refractivity contribution >= 4 is 5.82 Å². The minimum atomic E-state index is 0.462. The van der Waals surface area contributed by atoms with E-state index in [0.29, 0.717) is 11.6 Å². The number of ether oxygens (including phenoxy) is 1. The van der Waals surface area contributed by atoms with Crippen LogP contribution in [-0.4, -0.2) is 19.1 Å². The number of nitroso groups, excluding NO2 is 1. The van der Waals surface area contributed by atoms with Gasteiger partial charge in [-0.15, -0.1) is 4.91 Å². The lowest BCUT2D eigenvalue weighted by molar-refractivity contribution is 0.414. The van der Waals surface area contributed by atoms with Crippen LogP contribution < -0.4 is 9.75 Å². The highest BCUT2D eigenvalue weighted by molar-refractivity contribution is 5.41. The van der Waals surface area contributed by atoms with Crippen LogP contribution in [0.3, 0.4) is 0 Å². The summed E-state index contributed by atoms with van der Waals surface area (Å²) >= 11 is 0. The van der Waals surface area contributed by atoms with E-state index in [4.69, 9.17) is 4.74 Å². The Morgan fingerprint density at radius 3 is 3.00 bits per heavy atom. The molecular formula is C7H9N3O2. The smallest absolute Gasteiger partial charge is 0.155 e. The SMILES string of the molecule is COc1ccnc(N(C)N=O)c1. The predicted molar refractivity (Wildman–Crippen MR) is 45.0 cm³/mol. The highest BCUT2D eigenvalue weighted by Crippen LogP contribution is 2.16. The fraction of sp³-hybridized carbons (Fsp3) is 0.286. The molecule has 1 rings (SSSR count). The molecule has 0 fully saturated rings. The van der Waals surface area contributed by atoms with Gasteiger partial charge in [0.15, 0.2) is 5.82 Å². The molecule has 0 saturated carbocycles. The molecule has 0 saturated heterocycles. The first-order valence-electron chi connectivity index (χ1n) is 3.35.